The van der Waals surface area contributed by atoms with Gasteiger partial charge in [0.2, 0.25) is 11.8 Å². The van der Waals surface area contributed by atoms with Gasteiger partial charge in [-0.25, -0.2) is 8.78 Å². The Morgan fingerprint density at radius 3 is 2.74 bits per heavy atom. The second-order valence-electron chi connectivity index (χ2n) is 3.71. The molecule has 1 aliphatic heterocycles. The molecule has 1 heterocycles. The van der Waals surface area contributed by atoms with Crippen LogP contribution >= 0.6 is 24.0 Å². The van der Waals surface area contributed by atoms with Crippen LogP contribution in [-0.4, -0.2) is 33.3 Å². The zero-order valence-electron chi connectivity index (χ0n) is 9.48. The van der Waals surface area contributed by atoms with Crippen LogP contribution in [0.15, 0.2) is 18.2 Å². The molecule has 2 rings (SSSR count). The monoisotopic (exact) mass is 302 g/mol. The van der Waals surface area contributed by atoms with E-state index in [1.165, 1.54) is 22.7 Å². The molecule has 0 atom stereocenters. The topological polar surface area (TPSA) is 49.4 Å². The fourth-order valence-corrected chi connectivity index (χ4v) is 2.52. The first-order chi connectivity index (χ1) is 8.97. The molecule has 100 valence electrons. The summed E-state index contributed by atoms with van der Waals surface area (Å²) in [6, 6.07) is 3.01. The number of hydrogen-bond donors (Lipinski definition) is 1. The lowest BCUT2D eigenvalue weighted by atomic mass is 10.3. The number of thioether (sulfide) groups is 1. The average molecular weight is 302 g/mol. The number of nitrogens with zero attached hydrogens (tertiary/aromatic N) is 1. The molecule has 1 saturated heterocycles. The van der Waals surface area contributed by atoms with Gasteiger partial charge in [-0.05, 0) is 12.1 Å². The Hall–Kier alpha value is -1.54. The van der Waals surface area contributed by atoms with Crippen molar-refractivity contribution >= 4 is 45.8 Å². The molecular formula is C11H8F2N2O2S2. The van der Waals surface area contributed by atoms with Crippen LogP contribution in [0.25, 0.3) is 0 Å². The fourth-order valence-electron chi connectivity index (χ4n) is 1.45. The second kappa shape index (κ2) is 5.62. The molecule has 0 aromatic heterocycles. The fraction of sp³-hybridized carbons (Fsp3) is 0.182. The van der Waals surface area contributed by atoms with Crippen molar-refractivity contribution in [3.05, 3.63) is 29.8 Å². The summed E-state index contributed by atoms with van der Waals surface area (Å²) in [5, 5.41) is 2.37. The molecule has 0 aliphatic carbocycles. The van der Waals surface area contributed by atoms with Gasteiger partial charge in [0, 0.05) is 11.8 Å². The number of benzene rings is 1. The molecule has 4 nitrogen and oxygen atoms in total. The van der Waals surface area contributed by atoms with Gasteiger partial charge in [-0.3, -0.25) is 14.5 Å². The highest BCUT2D eigenvalue weighted by molar-refractivity contribution is 8.23. The van der Waals surface area contributed by atoms with Gasteiger partial charge in [0.25, 0.3) is 0 Å². The number of amides is 2. The maximum atomic E-state index is 12.9. The third-order valence-corrected chi connectivity index (χ3v) is 3.78. The molecule has 1 aromatic carbocycles. The third-order valence-electron chi connectivity index (χ3n) is 2.35. The van der Waals surface area contributed by atoms with Crippen molar-refractivity contribution < 1.29 is 18.4 Å². The first kappa shape index (κ1) is 13.9. The number of hydrogen-bond acceptors (Lipinski definition) is 4. The zero-order chi connectivity index (χ0) is 14.0. The summed E-state index contributed by atoms with van der Waals surface area (Å²) >= 11 is 6.10. The number of nitrogens with one attached hydrogen (secondary N) is 1. The standard InChI is InChI=1S/C11H8F2N2O2S2/c12-7-2-1-6(3-8(7)13)14-9(16)4-15-10(17)5-19-11(15)18/h1-3H,4-5H2,(H,14,16). The zero-order valence-corrected chi connectivity index (χ0v) is 11.1. The van der Waals surface area contributed by atoms with Crippen molar-refractivity contribution in [1.29, 1.82) is 0 Å². The van der Waals surface area contributed by atoms with E-state index in [4.69, 9.17) is 12.2 Å². The van der Waals surface area contributed by atoms with Gasteiger partial charge in [-0.2, -0.15) is 0 Å². The summed E-state index contributed by atoms with van der Waals surface area (Å²) in [6.07, 6.45) is 0. The van der Waals surface area contributed by atoms with E-state index in [2.05, 4.69) is 5.32 Å². The average Bonchev–Trinajstić information content (AvgIpc) is 2.66. The molecule has 2 amide bonds. The van der Waals surface area contributed by atoms with Crippen molar-refractivity contribution in [2.24, 2.45) is 0 Å². The number of halogens is 2. The predicted octanol–water partition coefficient (Wildman–Crippen LogP) is 1.76. The normalized spacial score (nSPS) is 14.9. The van der Waals surface area contributed by atoms with Crippen molar-refractivity contribution in [2.75, 3.05) is 17.6 Å². The van der Waals surface area contributed by atoms with Crippen LogP contribution in [0.3, 0.4) is 0 Å². The first-order valence-electron chi connectivity index (χ1n) is 5.19. The summed E-state index contributed by atoms with van der Waals surface area (Å²) in [6.45, 7) is -0.232. The molecule has 19 heavy (non-hydrogen) atoms. The van der Waals surface area contributed by atoms with Crippen LogP contribution in [0.1, 0.15) is 0 Å². The summed E-state index contributed by atoms with van der Waals surface area (Å²) in [5.41, 5.74) is 0.120. The largest absolute Gasteiger partial charge is 0.324 e. The molecule has 0 unspecified atom stereocenters. The molecule has 0 bridgehead atoms. The Kier molecular flexibility index (Phi) is 4.11. The van der Waals surface area contributed by atoms with Crippen molar-refractivity contribution in [3.8, 4) is 0 Å². The van der Waals surface area contributed by atoms with Crippen LogP contribution in [0.2, 0.25) is 0 Å². The van der Waals surface area contributed by atoms with E-state index in [1.54, 1.807) is 0 Å². The minimum absolute atomic E-state index is 0.120. The van der Waals surface area contributed by atoms with Crippen LogP contribution in [0.5, 0.6) is 0 Å². The Bertz CT molecular complexity index is 550. The lowest BCUT2D eigenvalue weighted by molar-refractivity contribution is -0.127. The molecule has 0 saturated carbocycles. The molecule has 0 spiro atoms. The highest BCUT2D eigenvalue weighted by atomic mass is 32.2. The molecule has 0 radical (unpaired) electrons. The number of carbonyl (C=O) groups is 2. The summed E-state index contributed by atoms with van der Waals surface area (Å²) in [7, 11) is 0. The van der Waals surface area contributed by atoms with Gasteiger partial charge in [0.1, 0.15) is 10.9 Å². The van der Waals surface area contributed by atoms with Crippen LogP contribution < -0.4 is 5.32 Å². The van der Waals surface area contributed by atoms with E-state index in [-0.39, 0.29) is 23.9 Å². The summed E-state index contributed by atoms with van der Waals surface area (Å²) < 4.78 is 26.0. The van der Waals surface area contributed by atoms with Crippen LogP contribution in [-0.2, 0) is 9.59 Å². The Morgan fingerprint density at radius 2 is 2.16 bits per heavy atom. The highest BCUT2D eigenvalue weighted by Gasteiger charge is 2.28. The van der Waals surface area contributed by atoms with Gasteiger partial charge in [0.05, 0.1) is 5.75 Å². The van der Waals surface area contributed by atoms with Gasteiger partial charge in [-0.15, -0.1) is 0 Å². The van der Waals surface area contributed by atoms with Gasteiger partial charge < -0.3 is 5.32 Å². The van der Waals surface area contributed by atoms with Crippen molar-refractivity contribution in [2.45, 2.75) is 0 Å². The van der Waals surface area contributed by atoms with E-state index in [0.29, 0.717) is 4.32 Å². The predicted molar refractivity (Wildman–Crippen MR) is 71.8 cm³/mol. The van der Waals surface area contributed by atoms with E-state index in [0.717, 1.165) is 12.1 Å². The summed E-state index contributed by atoms with van der Waals surface area (Å²) in [5.74, 6) is -2.59. The smallest absolute Gasteiger partial charge is 0.244 e. The van der Waals surface area contributed by atoms with E-state index in [1.807, 2.05) is 0 Å². The number of rotatable bonds is 3. The molecular weight excluding hydrogens is 294 g/mol. The Morgan fingerprint density at radius 1 is 1.42 bits per heavy atom. The number of thiocarbonyl (C=S) groups is 1. The number of carbonyl (C=O) groups excluding carboxylic acids is 2. The van der Waals surface area contributed by atoms with Gasteiger partial charge in [0.15, 0.2) is 11.6 Å². The van der Waals surface area contributed by atoms with Crippen LogP contribution in [0, 0.1) is 11.6 Å². The Labute approximate surface area is 117 Å². The van der Waals surface area contributed by atoms with E-state index >= 15 is 0 Å². The van der Waals surface area contributed by atoms with Gasteiger partial charge >= 0.3 is 0 Å². The lowest BCUT2D eigenvalue weighted by Gasteiger charge is -2.14. The quantitative estimate of drug-likeness (QED) is 0.865. The molecule has 1 N–H and O–H groups in total. The first-order valence-corrected chi connectivity index (χ1v) is 6.59. The van der Waals surface area contributed by atoms with Crippen molar-refractivity contribution in [1.82, 2.24) is 4.90 Å². The second-order valence-corrected chi connectivity index (χ2v) is 5.32. The van der Waals surface area contributed by atoms with Crippen LogP contribution in [0.4, 0.5) is 14.5 Å². The minimum atomic E-state index is -1.05. The van der Waals surface area contributed by atoms with Crippen molar-refractivity contribution in [3.63, 3.8) is 0 Å². The highest BCUT2D eigenvalue weighted by Crippen LogP contribution is 2.19. The molecule has 1 aliphatic rings. The van der Waals surface area contributed by atoms with E-state index < -0.39 is 17.5 Å². The number of anilines is 1. The maximum Gasteiger partial charge on any atom is 0.244 e. The SMILES string of the molecule is O=C(CN1C(=O)CSC1=S)Nc1ccc(F)c(F)c1. The van der Waals surface area contributed by atoms with Gasteiger partial charge in [-0.1, -0.05) is 24.0 Å². The minimum Gasteiger partial charge on any atom is -0.324 e. The lowest BCUT2D eigenvalue weighted by Crippen LogP contribution is -2.36. The molecule has 8 heteroatoms. The molecule has 1 aromatic rings. The maximum absolute atomic E-state index is 12.9. The molecule has 1 fully saturated rings. The third kappa shape index (κ3) is 3.27. The Balaban J connectivity index is 1.99. The van der Waals surface area contributed by atoms with E-state index in [9.17, 15) is 18.4 Å². The summed E-state index contributed by atoms with van der Waals surface area (Å²) in [4.78, 5) is 24.2.